The van der Waals surface area contributed by atoms with Gasteiger partial charge in [-0.2, -0.15) is 0 Å². The van der Waals surface area contributed by atoms with Crippen molar-refractivity contribution >= 4 is 51.5 Å². The SMILES string of the molecule is CN=C(NCCCc1nnc(SC)n1CC(C)C)NC1CCS(=O)(=O)C1.I. The third-order valence-electron chi connectivity index (χ3n) is 4.19. The van der Waals surface area contributed by atoms with Gasteiger partial charge < -0.3 is 15.2 Å². The van der Waals surface area contributed by atoms with Gasteiger partial charge in [0.25, 0.3) is 0 Å². The largest absolute Gasteiger partial charge is 0.356 e. The predicted octanol–water partition coefficient (Wildman–Crippen LogP) is 1.56. The molecule has 0 aromatic carbocycles. The number of nitrogens with zero attached hydrogens (tertiary/aromatic N) is 4. The molecular weight excluding hydrogens is 499 g/mol. The van der Waals surface area contributed by atoms with E-state index < -0.39 is 9.84 Å². The number of aryl methyl sites for hydroxylation is 1. The highest BCUT2D eigenvalue weighted by atomic mass is 127. The predicted molar refractivity (Wildman–Crippen MR) is 122 cm³/mol. The molecule has 1 unspecified atom stereocenters. The molecule has 0 radical (unpaired) electrons. The van der Waals surface area contributed by atoms with Gasteiger partial charge >= 0.3 is 0 Å². The van der Waals surface area contributed by atoms with Crippen molar-refractivity contribution in [1.82, 2.24) is 25.4 Å². The summed E-state index contributed by atoms with van der Waals surface area (Å²) in [7, 11) is -1.19. The van der Waals surface area contributed by atoms with Crippen LogP contribution in [0.1, 0.15) is 32.5 Å². The van der Waals surface area contributed by atoms with Gasteiger partial charge in [0.1, 0.15) is 5.82 Å². The lowest BCUT2D eigenvalue weighted by Crippen LogP contribution is -2.44. The van der Waals surface area contributed by atoms with E-state index in [9.17, 15) is 8.42 Å². The highest BCUT2D eigenvalue weighted by Crippen LogP contribution is 2.16. The zero-order valence-electron chi connectivity index (χ0n) is 16.4. The first-order chi connectivity index (χ1) is 12.3. The maximum atomic E-state index is 11.5. The maximum Gasteiger partial charge on any atom is 0.191 e. The van der Waals surface area contributed by atoms with Crippen LogP contribution in [-0.2, 0) is 22.8 Å². The van der Waals surface area contributed by atoms with Gasteiger partial charge in [-0.15, -0.1) is 34.2 Å². The summed E-state index contributed by atoms with van der Waals surface area (Å²) < 4.78 is 25.3. The quantitative estimate of drug-likeness (QED) is 0.173. The second-order valence-corrected chi connectivity index (χ2v) is 9.96. The lowest BCUT2D eigenvalue weighted by molar-refractivity contribution is 0.477. The van der Waals surface area contributed by atoms with Crippen LogP contribution >= 0.6 is 35.7 Å². The van der Waals surface area contributed by atoms with E-state index in [0.717, 1.165) is 36.9 Å². The lowest BCUT2D eigenvalue weighted by Gasteiger charge is -2.16. The van der Waals surface area contributed by atoms with Crippen LogP contribution in [0.5, 0.6) is 0 Å². The Labute approximate surface area is 183 Å². The molecule has 0 aliphatic carbocycles. The molecule has 1 fully saturated rings. The standard InChI is InChI=1S/C16H30N6O2S2.HI/c1-12(2)10-22-14(20-21-16(22)25-4)6-5-8-18-15(17-3)19-13-7-9-26(23,24)11-13;/h12-13H,5-11H2,1-4H3,(H2,17,18,19);1H. The third-order valence-corrected chi connectivity index (χ3v) is 6.63. The van der Waals surface area contributed by atoms with Crippen molar-refractivity contribution in [2.75, 3.05) is 31.4 Å². The van der Waals surface area contributed by atoms with Crippen molar-refractivity contribution < 1.29 is 8.42 Å². The van der Waals surface area contributed by atoms with Gasteiger partial charge in [0, 0.05) is 32.6 Å². The Morgan fingerprint density at radius 2 is 2.15 bits per heavy atom. The summed E-state index contributed by atoms with van der Waals surface area (Å²) in [6.45, 7) is 6.04. The van der Waals surface area contributed by atoms with Crippen LogP contribution in [0.25, 0.3) is 0 Å². The third kappa shape index (κ3) is 7.76. The molecule has 0 saturated carbocycles. The fourth-order valence-electron chi connectivity index (χ4n) is 2.95. The van der Waals surface area contributed by atoms with Gasteiger partial charge in [-0.3, -0.25) is 4.99 Å². The molecule has 2 N–H and O–H groups in total. The molecule has 1 atom stereocenters. The van der Waals surface area contributed by atoms with Gasteiger partial charge in [-0.25, -0.2) is 8.42 Å². The van der Waals surface area contributed by atoms with Gasteiger partial charge in [-0.05, 0) is 25.0 Å². The molecule has 2 rings (SSSR count). The number of aliphatic imine (C=N–C) groups is 1. The molecule has 8 nitrogen and oxygen atoms in total. The first-order valence-electron chi connectivity index (χ1n) is 8.98. The van der Waals surface area contributed by atoms with E-state index in [2.05, 4.69) is 44.2 Å². The number of rotatable bonds is 8. The minimum atomic E-state index is -2.89. The van der Waals surface area contributed by atoms with Gasteiger partial charge in [0.15, 0.2) is 21.0 Å². The Hall–Kier alpha value is -0.560. The monoisotopic (exact) mass is 530 g/mol. The van der Waals surface area contributed by atoms with Gasteiger partial charge in [0.05, 0.1) is 11.5 Å². The Morgan fingerprint density at radius 1 is 1.41 bits per heavy atom. The molecule has 156 valence electrons. The Kier molecular flexibility index (Phi) is 10.4. The van der Waals surface area contributed by atoms with Crippen molar-refractivity contribution in [2.45, 2.75) is 50.9 Å². The summed E-state index contributed by atoms with van der Waals surface area (Å²) in [6.07, 6.45) is 4.39. The Balaban J connectivity index is 0.00000364. The molecule has 1 aliphatic rings. The fraction of sp³-hybridized carbons (Fsp3) is 0.812. The highest BCUT2D eigenvalue weighted by molar-refractivity contribution is 14.0. The number of hydrogen-bond acceptors (Lipinski definition) is 6. The first kappa shape index (κ1) is 24.5. The van der Waals surface area contributed by atoms with E-state index in [1.165, 1.54) is 0 Å². The van der Waals surface area contributed by atoms with Crippen LogP contribution in [0.2, 0.25) is 0 Å². The Bertz CT molecular complexity index is 720. The molecule has 0 amide bonds. The summed E-state index contributed by atoms with van der Waals surface area (Å²) in [5.41, 5.74) is 0. The zero-order chi connectivity index (χ0) is 19.2. The number of nitrogens with one attached hydrogen (secondary N) is 2. The van der Waals surface area contributed by atoms with Gasteiger partial charge in [0.2, 0.25) is 0 Å². The number of halogens is 1. The molecule has 27 heavy (non-hydrogen) atoms. The van der Waals surface area contributed by atoms with E-state index in [1.54, 1.807) is 18.8 Å². The highest BCUT2D eigenvalue weighted by Gasteiger charge is 2.28. The van der Waals surface area contributed by atoms with Crippen LogP contribution in [0.15, 0.2) is 10.1 Å². The first-order valence-corrected chi connectivity index (χ1v) is 12.0. The summed E-state index contributed by atoms with van der Waals surface area (Å²) in [6, 6.07) is -0.0514. The number of thioether (sulfide) groups is 1. The van der Waals surface area contributed by atoms with Crippen LogP contribution < -0.4 is 10.6 Å². The van der Waals surface area contributed by atoms with Crippen molar-refractivity contribution in [1.29, 1.82) is 0 Å². The second kappa shape index (κ2) is 11.4. The van der Waals surface area contributed by atoms with E-state index in [4.69, 9.17) is 0 Å². The zero-order valence-corrected chi connectivity index (χ0v) is 20.4. The average Bonchev–Trinajstić information content (AvgIpc) is 3.12. The van der Waals surface area contributed by atoms with Crippen LogP contribution in [-0.4, -0.2) is 66.5 Å². The maximum absolute atomic E-state index is 11.5. The molecule has 1 aromatic heterocycles. The molecule has 2 heterocycles. The van der Waals surface area contributed by atoms with E-state index in [0.29, 0.717) is 18.3 Å². The topological polar surface area (TPSA) is 101 Å². The summed E-state index contributed by atoms with van der Waals surface area (Å²) >= 11 is 1.62. The molecule has 1 aliphatic heterocycles. The minimum absolute atomic E-state index is 0. The molecule has 0 bridgehead atoms. The number of guanidine groups is 1. The van der Waals surface area contributed by atoms with Crippen molar-refractivity contribution in [2.24, 2.45) is 10.9 Å². The van der Waals surface area contributed by atoms with Crippen LogP contribution in [0.4, 0.5) is 0 Å². The van der Waals surface area contributed by atoms with Crippen molar-refractivity contribution in [3.05, 3.63) is 5.82 Å². The number of aromatic nitrogens is 3. The average molecular weight is 531 g/mol. The number of hydrogen-bond donors (Lipinski definition) is 2. The summed E-state index contributed by atoms with van der Waals surface area (Å²) in [5, 5.41) is 16.0. The second-order valence-electron chi connectivity index (χ2n) is 6.95. The van der Waals surface area contributed by atoms with Crippen LogP contribution in [0.3, 0.4) is 0 Å². The van der Waals surface area contributed by atoms with Gasteiger partial charge in [-0.1, -0.05) is 25.6 Å². The molecule has 0 spiro atoms. The van der Waals surface area contributed by atoms with E-state index in [1.807, 2.05) is 6.26 Å². The van der Waals surface area contributed by atoms with Crippen LogP contribution in [0, 0.1) is 5.92 Å². The van der Waals surface area contributed by atoms with E-state index in [-0.39, 0.29) is 41.5 Å². The fourth-order valence-corrected chi connectivity index (χ4v) is 5.15. The number of sulfone groups is 1. The molecule has 1 aromatic rings. The summed E-state index contributed by atoms with van der Waals surface area (Å²) in [4.78, 5) is 4.18. The summed E-state index contributed by atoms with van der Waals surface area (Å²) in [5.74, 6) is 2.64. The minimum Gasteiger partial charge on any atom is -0.356 e. The lowest BCUT2D eigenvalue weighted by atomic mass is 10.2. The van der Waals surface area contributed by atoms with Crippen molar-refractivity contribution in [3.8, 4) is 0 Å². The Morgan fingerprint density at radius 3 is 2.70 bits per heavy atom. The molecule has 1 saturated heterocycles. The molecular formula is C16H31IN6O2S2. The van der Waals surface area contributed by atoms with E-state index >= 15 is 0 Å². The normalized spacial score (nSPS) is 19.1. The van der Waals surface area contributed by atoms with Crippen molar-refractivity contribution in [3.63, 3.8) is 0 Å². The molecule has 11 heteroatoms. The smallest absolute Gasteiger partial charge is 0.191 e.